The maximum atomic E-state index is 12.6. The van der Waals surface area contributed by atoms with Crippen LogP contribution in [0.25, 0.3) is 10.9 Å². The van der Waals surface area contributed by atoms with Gasteiger partial charge in [0.05, 0.1) is 17.0 Å². The van der Waals surface area contributed by atoms with Crippen molar-refractivity contribution in [3.63, 3.8) is 0 Å². The quantitative estimate of drug-likeness (QED) is 0.876. The standard InChI is InChI=1S/C18H22N2O3S/c1-18(8-9-24(22,23)11-18)20-17(21)12-6-7-16-14(10-12)13-4-2-3-5-15(13)19-16/h6-7,10,19H,2-5,8-9,11H2,1H3,(H,20,21). The topological polar surface area (TPSA) is 79.0 Å². The maximum Gasteiger partial charge on any atom is 0.251 e. The summed E-state index contributed by atoms with van der Waals surface area (Å²) in [7, 11) is -3.04. The number of aryl methyl sites for hydroxylation is 2. The second kappa shape index (κ2) is 5.34. The number of aromatic amines is 1. The second-order valence-electron chi connectivity index (χ2n) is 7.41. The number of rotatable bonds is 2. The van der Waals surface area contributed by atoms with Crippen LogP contribution in [0.2, 0.25) is 0 Å². The van der Waals surface area contributed by atoms with Crippen LogP contribution in [0.3, 0.4) is 0 Å². The molecule has 1 aliphatic heterocycles. The van der Waals surface area contributed by atoms with E-state index in [1.54, 1.807) is 0 Å². The summed E-state index contributed by atoms with van der Waals surface area (Å²) in [5, 5.41) is 4.06. The molecule has 0 saturated carbocycles. The van der Waals surface area contributed by atoms with E-state index in [1.807, 2.05) is 25.1 Å². The van der Waals surface area contributed by atoms with E-state index in [0.717, 1.165) is 23.7 Å². The minimum Gasteiger partial charge on any atom is -0.358 e. The predicted molar refractivity (Wildman–Crippen MR) is 94.1 cm³/mol. The van der Waals surface area contributed by atoms with Gasteiger partial charge in [0.25, 0.3) is 5.91 Å². The average molecular weight is 346 g/mol. The number of sulfone groups is 1. The lowest BCUT2D eigenvalue weighted by molar-refractivity contribution is 0.0915. The number of H-pyrrole nitrogens is 1. The third-order valence-corrected chi connectivity index (χ3v) is 7.18. The Hall–Kier alpha value is -1.82. The van der Waals surface area contributed by atoms with Crippen molar-refractivity contribution in [3.8, 4) is 0 Å². The number of hydrogen-bond acceptors (Lipinski definition) is 3. The number of fused-ring (bicyclic) bond motifs is 3. The van der Waals surface area contributed by atoms with Crippen LogP contribution in [0.15, 0.2) is 18.2 Å². The molecule has 0 bridgehead atoms. The highest BCUT2D eigenvalue weighted by Gasteiger charge is 2.39. The molecular weight excluding hydrogens is 324 g/mol. The zero-order chi connectivity index (χ0) is 16.9. The molecule has 1 unspecified atom stereocenters. The molecule has 1 aliphatic carbocycles. The summed E-state index contributed by atoms with van der Waals surface area (Å²) in [6.45, 7) is 1.81. The Morgan fingerprint density at radius 1 is 1.25 bits per heavy atom. The van der Waals surface area contributed by atoms with Crippen molar-refractivity contribution in [1.29, 1.82) is 0 Å². The first-order valence-electron chi connectivity index (χ1n) is 8.52. The summed E-state index contributed by atoms with van der Waals surface area (Å²) in [6.07, 6.45) is 4.99. The van der Waals surface area contributed by atoms with Gasteiger partial charge in [-0.05, 0) is 62.8 Å². The number of amides is 1. The van der Waals surface area contributed by atoms with Crippen molar-refractivity contribution in [2.45, 2.75) is 44.6 Å². The van der Waals surface area contributed by atoms with Gasteiger partial charge in [-0.2, -0.15) is 0 Å². The monoisotopic (exact) mass is 346 g/mol. The molecule has 2 aromatic rings. The molecule has 1 atom stereocenters. The van der Waals surface area contributed by atoms with Gasteiger partial charge >= 0.3 is 0 Å². The van der Waals surface area contributed by atoms with E-state index in [2.05, 4.69) is 10.3 Å². The number of aromatic nitrogens is 1. The predicted octanol–water partition coefficient (Wildman–Crippen LogP) is 2.35. The number of hydrogen-bond donors (Lipinski definition) is 2. The van der Waals surface area contributed by atoms with Gasteiger partial charge in [0.1, 0.15) is 0 Å². The number of carbonyl (C=O) groups is 1. The first-order valence-corrected chi connectivity index (χ1v) is 10.3. The Morgan fingerprint density at radius 3 is 2.79 bits per heavy atom. The van der Waals surface area contributed by atoms with Crippen LogP contribution in [0.1, 0.15) is 47.8 Å². The van der Waals surface area contributed by atoms with Crippen LogP contribution in [-0.4, -0.2) is 36.4 Å². The molecule has 2 heterocycles. The second-order valence-corrected chi connectivity index (χ2v) is 9.59. The average Bonchev–Trinajstić information content (AvgIpc) is 3.03. The zero-order valence-corrected chi connectivity index (χ0v) is 14.6. The minimum absolute atomic E-state index is 0.0214. The normalized spacial score (nSPS) is 25.5. The van der Waals surface area contributed by atoms with Crippen LogP contribution >= 0.6 is 0 Å². The van der Waals surface area contributed by atoms with Crippen LogP contribution < -0.4 is 5.32 Å². The van der Waals surface area contributed by atoms with Gasteiger partial charge in [0.2, 0.25) is 0 Å². The van der Waals surface area contributed by atoms with E-state index in [1.165, 1.54) is 24.1 Å². The third kappa shape index (κ3) is 2.73. The highest BCUT2D eigenvalue weighted by Crippen LogP contribution is 2.30. The van der Waals surface area contributed by atoms with Crippen molar-refractivity contribution in [2.24, 2.45) is 0 Å². The van der Waals surface area contributed by atoms with Crippen LogP contribution in [0, 0.1) is 0 Å². The maximum absolute atomic E-state index is 12.6. The molecule has 6 heteroatoms. The summed E-state index contributed by atoms with van der Waals surface area (Å²) < 4.78 is 23.4. The number of benzene rings is 1. The Labute approximate surface area is 141 Å². The van der Waals surface area contributed by atoms with Gasteiger partial charge < -0.3 is 10.3 Å². The van der Waals surface area contributed by atoms with Crippen molar-refractivity contribution < 1.29 is 13.2 Å². The van der Waals surface area contributed by atoms with Crippen LogP contribution in [-0.2, 0) is 22.7 Å². The largest absolute Gasteiger partial charge is 0.358 e. The summed E-state index contributed by atoms with van der Waals surface area (Å²) in [5.41, 5.74) is 3.64. The summed E-state index contributed by atoms with van der Waals surface area (Å²) in [5.74, 6) is -0.0240. The van der Waals surface area contributed by atoms with Gasteiger partial charge in [0, 0.05) is 22.2 Å². The molecular formula is C18H22N2O3S. The van der Waals surface area contributed by atoms with Gasteiger partial charge in [0.15, 0.2) is 9.84 Å². The Kier molecular flexibility index (Phi) is 3.49. The lowest BCUT2D eigenvalue weighted by Gasteiger charge is -2.23. The first kappa shape index (κ1) is 15.7. The van der Waals surface area contributed by atoms with E-state index in [4.69, 9.17) is 0 Å². The van der Waals surface area contributed by atoms with Crippen LogP contribution in [0.4, 0.5) is 0 Å². The fraction of sp³-hybridized carbons (Fsp3) is 0.500. The van der Waals surface area contributed by atoms with Crippen molar-refractivity contribution >= 4 is 26.6 Å². The highest BCUT2D eigenvalue weighted by molar-refractivity contribution is 7.91. The molecule has 2 aliphatic rings. The fourth-order valence-electron chi connectivity index (χ4n) is 4.00. The first-order chi connectivity index (χ1) is 11.4. The van der Waals surface area contributed by atoms with Crippen LogP contribution in [0.5, 0.6) is 0 Å². The van der Waals surface area contributed by atoms with Crippen molar-refractivity contribution in [1.82, 2.24) is 10.3 Å². The van der Waals surface area contributed by atoms with E-state index in [9.17, 15) is 13.2 Å². The molecule has 1 aromatic heterocycles. The van der Waals surface area contributed by atoms with Gasteiger partial charge in [-0.25, -0.2) is 8.42 Å². The van der Waals surface area contributed by atoms with Gasteiger partial charge in [-0.1, -0.05) is 0 Å². The lowest BCUT2D eigenvalue weighted by Crippen LogP contribution is -2.46. The Bertz CT molecular complexity index is 929. The van der Waals surface area contributed by atoms with Crippen molar-refractivity contribution in [3.05, 3.63) is 35.0 Å². The molecule has 1 amide bonds. The molecule has 2 N–H and O–H groups in total. The smallest absolute Gasteiger partial charge is 0.251 e. The third-order valence-electron chi connectivity index (χ3n) is 5.28. The molecule has 4 rings (SSSR count). The summed E-state index contributed by atoms with van der Waals surface area (Å²) in [6, 6.07) is 5.71. The summed E-state index contributed by atoms with van der Waals surface area (Å²) in [4.78, 5) is 16.1. The molecule has 1 saturated heterocycles. The van der Waals surface area contributed by atoms with E-state index < -0.39 is 15.4 Å². The molecule has 0 radical (unpaired) electrons. The van der Waals surface area contributed by atoms with Crippen molar-refractivity contribution in [2.75, 3.05) is 11.5 Å². The summed E-state index contributed by atoms with van der Waals surface area (Å²) >= 11 is 0. The SMILES string of the molecule is CC1(NC(=O)c2ccc3[nH]c4c(c3c2)CCCC4)CCS(=O)(=O)C1. The lowest BCUT2D eigenvalue weighted by atomic mass is 9.95. The highest BCUT2D eigenvalue weighted by atomic mass is 32.2. The molecule has 128 valence electrons. The minimum atomic E-state index is -3.04. The van der Waals surface area contributed by atoms with E-state index in [-0.39, 0.29) is 17.4 Å². The Balaban J connectivity index is 1.63. The van der Waals surface area contributed by atoms with E-state index >= 15 is 0 Å². The number of carbonyl (C=O) groups excluding carboxylic acids is 1. The van der Waals surface area contributed by atoms with Gasteiger partial charge in [-0.15, -0.1) is 0 Å². The molecule has 0 spiro atoms. The molecule has 5 nitrogen and oxygen atoms in total. The fourth-order valence-corrected chi connectivity index (χ4v) is 6.10. The molecule has 1 aromatic carbocycles. The molecule has 24 heavy (non-hydrogen) atoms. The molecule has 1 fully saturated rings. The van der Waals surface area contributed by atoms with E-state index in [0.29, 0.717) is 12.0 Å². The Morgan fingerprint density at radius 2 is 2.04 bits per heavy atom. The van der Waals surface area contributed by atoms with Gasteiger partial charge in [-0.3, -0.25) is 4.79 Å². The number of nitrogens with one attached hydrogen (secondary N) is 2. The zero-order valence-electron chi connectivity index (χ0n) is 13.8.